The Labute approximate surface area is 289 Å². The van der Waals surface area contributed by atoms with Crippen molar-refractivity contribution in [2.24, 2.45) is 0 Å². The molecular weight excluding hydrogens is 700 g/mol. The number of halogens is 2. The van der Waals surface area contributed by atoms with E-state index in [0.29, 0.717) is 0 Å². The molecule has 0 aliphatic heterocycles. The summed E-state index contributed by atoms with van der Waals surface area (Å²) in [5.41, 5.74) is 8.67. The van der Waals surface area contributed by atoms with Gasteiger partial charge in [-0.3, -0.25) is 0 Å². The van der Waals surface area contributed by atoms with Crippen LogP contribution < -0.4 is 19.3 Å². The van der Waals surface area contributed by atoms with Gasteiger partial charge < -0.3 is 19.3 Å². The molecule has 0 amide bonds. The van der Waals surface area contributed by atoms with Gasteiger partial charge in [-0.2, -0.15) is 0 Å². The predicted octanol–water partition coefficient (Wildman–Crippen LogP) is 12.9. The Kier molecular flexibility index (Phi) is 11.2. The van der Waals surface area contributed by atoms with Gasteiger partial charge in [-0.1, -0.05) is 70.0 Å². The van der Waals surface area contributed by atoms with Gasteiger partial charge in [0.15, 0.2) is 0 Å². The van der Waals surface area contributed by atoms with Crippen LogP contribution in [0.15, 0.2) is 155 Å². The minimum absolute atomic E-state index is 0.828. The van der Waals surface area contributed by atoms with E-state index < -0.39 is 0 Å². The highest BCUT2D eigenvalue weighted by Gasteiger charge is 2.15. The maximum Gasteiger partial charge on any atom is 0.119 e. The molecule has 0 unspecified atom stereocenters. The van der Waals surface area contributed by atoms with Crippen molar-refractivity contribution in [1.82, 2.24) is 0 Å². The first-order valence-corrected chi connectivity index (χ1v) is 16.7. The van der Waals surface area contributed by atoms with Crippen LogP contribution in [0.1, 0.15) is 13.8 Å². The average Bonchev–Trinajstić information content (AvgIpc) is 3.12. The van der Waals surface area contributed by atoms with Crippen molar-refractivity contribution in [3.63, 3.8) is 0 Å². The predicted molar refractivity (Wildman–Crippen MR) is 201 cm³/mol. The molecule has 0 spiro atoms. The van der Waals surface area contributed by atoms with Gasteiger partial charge in [-0.25, -0.2) is 0 Å². The van der Waals surface area contributed by atoms with Crippen LogP contribution in [-0.4, -0.2) is 14.2 Å². The van der Waals surface area contributed by atoms with Crippen LogP contribution in [-0.2, 0) is 0 Å². The molecule has 0 aliphatic rings. The molecule has 6 rings (SSSR count). The van der Waals surface area contributed by atoms with Gasteiger partial charge in [0.25, 0.3) is 0 Å². The molecule has 4 nitrogen and oxygen atoms in total. The van der Waals surface area contributed by atoms with Crippen LogP contribution >= 0.6 is 31.9 Å². The molecule has 0 saturated heterocycles. The molecular formula is C40H36Br2N2O2. The first-order valence-electron chi connectivity index (χ1n) is 15.1. The number of hydrogen-bond acceptors (Lipinski definition) is 4. The molecule has 6 heteroatoms. The number of rotatable bonds is 9. The summed E-state index contributed by atoms with van der Waals surface area (Å²) in [6.45, 7) is 4.00. The van der Waals surface area contributed by atoms with Crippen molar-refractivity contribution < 1.29 is 9.47 Å². The fraction of sp³-hybridized carbons (Fsp3) is 0.100. The van der Waals surface area contributed by atoms with Gasteiger partial charge >= 0.3 is 0 Å². The van der Waals surface area contributed by atoms with Crippen molar-refractivity contribution >= 4 is 66.0 Å². The Morgan fingerprint density at radius 1 is 0.348 bits per heavy atom. The molecule has 6 aromatic carbocycles. The van der Waals surface area contributed by atoms with Gasteiger partial charge in [0.2, 0.25) is 0 Å². The number of benzene rings is 6. The standard InChI is InChI=1S/C38H30Br2N2O2.C2H6/c1-43-37-23-19-35(20-24-37)41(33-15-7-29(39)8-16-33)31-11-3-27(4-12-31)28-5-13-32(14-6-28)42(34-17-9-30(40)10-18-34)36-21-25-38(44-2)26-22-36;1-2/h3-26H,1-2H3;1-2H3. The highest BCUT2D eigenvalue weighted by atomic mass is 79.9. The highest BCUT2D eigenvalue weighted by Crippen LogP contribution is 2.39. The molecule has 0 bridgehead atoms. The van der Waals surface area contributed by atoms with Gasteiger partial charge in [0.1, 0.15) is 11.5 Å². The van der Waals surface area contributed by atoms with Crippen LogP contribution in [0.4, 0.5) is 34.1 Å². The Bertz CT molecular complexity index is 1670. The van der Waals surface area contributed by atoms with Gasteiger partial charge in [0.05, 0.1) is 14.2 Å². The lowest BCUT2D eigenvalue weighted by Gasteiger charge is -2.26. The largest absolute Gasteiger partial charge is 0.497 e. The fourth-order valence-electron chi connectivity index (χ4n) is 5.14. The summed E-state index contributed by atoms with van der Waals surface area (Å²) in [6, 6.07) is 50.3. The lowest BCUT2D eigenvalue weighted by molar-refractivity contribution is 0.414. The van der Waals surface area contributed by atoms with E-state index in [1.165, 1.54) is 0 Å². The summed E-state index contributed by atoms with van der Waals surface area (Å²) in [5, 5.41) is 0. The van der Waals surface area contributed by atoms with Gasteiger partial charge in [-0.15, -0.1) is 0 Å². The van der Waals surface area contributed by atoms with Crippen LogP contribution in [0.3, 0.4) is 0 Å². The van der Waals surface area contributed by atoms with E-state index >= 15 is 0 Å². The summed E-state index contributed by atoms with van der Waals surface area (Å²) >= 11 is 7.13. The summed E-state index contributed by atoms with van der Waals surface area (Å²) in [7, 11) is 3.37. The van der Waals surface area contributed by atoms with E-state index in [2.05, 4.69) is 163 Å². The van der Waals surface area contributed by atoms with E-state index in [1.807, 2.05) is 38.1 Å². The molecule has 232 valence electrons. The fourth-order valence-corrected chi connectivity index (χ4v) is 5.67. The number of nitrogens with zero attached hydrogens (tertiary/aromatic N) is 2. The van der Waals surface area contributed by atoms with E-state index in [4.69, 9.17) is 9.47 Å². The van der Waals surface area contributed by atoms with E-state index in [-0.39, 0.29) is 0 Å². The van der Waals surface area contributed by atoms with Crippen molar-refractivity contribution in [3.8, 4) is 22.6 Å². The SMILES string of the molecule is CC.COc1ccc(N(c2ccc(Br)cc2)c2ccc(-c3ccc(N(c4ccc(Br)cc4)c4ccc(OC)cc4)cc3)cc2)cc1. The summed E-state index contributed by atoms with van der Waals surface area (Å²) in [6.07, 6.45) is 0. The average molecular weight is 737 g/mol. The number of ether oxygens (including phenoxy) is 2. The maximum atomic E-state index is 5.39. The van der Waals surface area contributed by atoms with Crippen LogP contribution in [0.5, 0.6) is 11.5 Å². The Morgan fingerprint density at radius 3 is 0.804 bits per heavy atom. The first kappa shape index (κ1) is 32.9. The first-order chi connectivity index (χ1) is 22.5. The summed E-state index contributed by atoms with van der Waals surface area (Å²) < 4.78 is 12.9. The van der Waals surface area contributed by atoms with E-state index in [1.54, 1.807) is 14.2 Å². The van der Waals surface area contributed by atoms with E-state index in [9.17, 15) is 0 Å². The van der Waals surface area contributed by atoms with Crippen molar-refractivity contribution in [1.29, 1.82) is 0 Å². The van der Waals surface area contributed by atoms with Crippen molar-refractivity contribution in [2.45, 2.75) is 13.8 Å². The Balaban J connectivity index is 0.00000204. The monoisotopic (exact) mass is 734 g/mol. The quantitative estimate of drug-likeness (QED) is 0.148. The van der Waals surface area contributed by atoms with Crippen molar-refractivity contribution in [2.75, 3.05) is 24.0 Å². The molecule has 46 heavy (non-hydrogen) atoms. The third-order valence-electron chi connectivity index (χ3n) is 7.42. The third kappa shape index (κ3) is 7.64. The normalized spacial score (nSPS) is 10.4. The molecule has 0 fully saturated rings. The minimum Gasteiger partial charge on any atom is -0.497 e. The molecule has 0 aliphatic carbocycles. The third-order valence-corrected chi connectivity index (χ3v) is 8.47. The molecule has 0 heterocycles. The van der Waals surface area contributed by atoms with Gasteiger partial charge in [0, 0.05) is 43.1 Å². The second-order valence-electron chi connectivity index (χ2n) is 10.1. The van der Waals surface area contributed by atoms with Crippen LogP contribution in [0.25, 0.3) is 11.1 Å². The molecule has 0 saturated carbocycles. The summed E-state index contributed by atoms with van der Waals surface area (Å²) in [4.78, 5) is 4.48. The zero-order chi connectivity index (χ0) is 32.5. The molecule has 0 N–H and O–H groups in total. The van der Waals surface area contributed by atoms with Crippen LogP contribution in [0.2, 0.25) is 0 Å². The lowest BCUT2D eigenvalue weighted by Crippen LogP contribution is -2.10. The molecule has 0 radical (unpaired) electrons. The molecule has 0 atom stereocenters. The van der Waals surface area contributed by atoms with E-state index in [0.717, 1.165) is 65.7 Å². The topological polar surface area (TPSA) is 24.9 Å². The molecule has 6 aromatic rings. The maximum absolute atomic E-state index is 5.39. The molecule has 0 aromatic heterocycles. The smallest absolute Gasteiger partial charge is 0.119 e. The van der Waals surface area contributed by atoms with Gasteiger partial charge in [-0.05, 0) is 132 Å². The second-order valence-corrected chi connectivity index (χ2v) is 11.9. The van der Waals surface area contributed by atoms with Crippen LogP contribution in [0, 0.1) is 0 Å². The zero-order valence-corrected chi connectivity index (χ0v) is 29.5. The number of anilines is 6. The number of methoxy groups -OCH3 is 2. The zero-order valence-electron chi connectivity index (χ0n) is 26.3. The number of hydrogen-bond donors (Lipinski definition) is 0. The Morgan fingerprint density at radius 2 is 0.565 bits per heavy atom. The Hall–Kier alpha value is -4.52. The lowest BCUT2D eigenvalue weighted by atomic mass is 10.0. The summed E-state index contributed by atoms with van der Waals surface area (Å²) in [5.74, 6) is 1.66. The highest BCUT2D eigenvalue weighted by molar-refractivity contribution is 9.10. The second kappa shape index (κ2) is 15.7. The minimum atomic E-state index is 0.828. The van der Waals surface area contributed by atoms with Crippen molar-refractivity contribution in [3.05, 3.63) is 155 Å².